The molecule has 4 heteroatoms. The van der Waals surface area contributed by atoms with Crippen molar-refractivity contribution in [3.05, 3.63) is 18.1 Å². The molecule has 1 N–H and O–H groups in total. The first-order valence-corrected chi connectivity index (χ1v) is 6.46. The van der Waals surface area contributed by atoms with Crippen molar-refractivity contribution in [1.29, 1.82) is 0 Å². The Hall–Kier alpha value is -1.16. The molecule has 1 fully saturated rings. The van der Waals surface area contributed by atoms with Gasteiger partial charge in [0, 0.05) is 18.3 Å². The minimum atomic E-state index is 0.709. The lowest BCUT2D eigenvalue weighted by molar-refractivity contribution is 0.201. The van der Waals surface area contributed by atoms with Crippen LogP contribution in [0.3, 0.4) is 0 Å². The van der Waals surface area contributed by atoms with Gasteiger partial charge in [0.1, 0.15) is 6.33 Å². The van der Waals surface area contributed by atoms with Crippen molar-refractivity contribution in [1.82, 2.24) is 15.3 Å². The monoisotopic (exact) mass is 235 g/mol. The van der Waals surface area contributed by atoms with Crippen LogP contribution in [0.15, 0.2) is 12.5 Å². The highest BCUT2D eigenvalue weighted by Gasteiger charge is 2.15. The van der Waals surface area contributed by atoms with Crippen molar-refractivity contribution in [3.8, 4) is 5.88 Å². The maximum Gasteiger partial charge on any atom is 0.220 e. The largest absolute Gasteiger partial charge is 0.477 e. The van der Waals surface area contributed by atoms with E-state index in [0.29, 0.717) is 5.92 Å². The molecule has 17 heavy (non-hydrogen) atoms. The number of ether oxygens (including phenoxy) is 1. The van der Waals surface area contributed by atoms with Crippen molar-refractivity contribution in [2.24, 2.45) is 5.92 Å². The molecule has 2 rings (SSSR count). The van der Waals surface area contributed by atoms with E-state index < -0.39 is 0 Å². The van der Waals surface area contributed by atoms with Gasteiger partial charge >= 0.3 is 0 Å². The molecule has 1 aromatic heterocycles. The molecule has 0 bridgehead atoms. The van der Waals surface area contributed by atoms with Gasteiger partial charge in [-0.05, 0) is 25.8 Å². The normalized spacial score (nSPS) is 17.0. The average Bonchev–Trinajstić information content (AvgIpc) is 2.39. The van der Waals surface area contributed by atoms with Gasteiger partial charge in [-0.1, -0.05) is 19.3 Å². The number of nitrogens with one attached hydrogen (secondary N) is 1. The predicted octanol–water partition coefficient (Wildman–Crippen LogP) is 2.16. The van der Waals surface area contributed by atoms with Crippen LogP contribution in [0.4, 0.5) is 0 Å². The molecule has 1 aliphatic rings. The quantitative estimate of drug-likeness (QED) is 0.849. The predicted molar refractivity (Wildman–Crippen MR) is 66.9 cm³/mol. The minimum absolute atomic E-state index is 0.709. The molecule has 1 saturated carbocycles. The summed E-state index contributed by atoms with van der Waals surface area (Å²) >= 11 is 0. The summed E-state index contributed by atoms with van der Waals surface area (Å²) in [6.45, 7) is 1.55. The van der Waals surface area contributed by atoms with E-state index in [4.69, 9.17) is 4.74 Å². The summed E-state index contributed by atoms with van der Waals surface area (Å²) in [6.07, 6.45) is 10.0. The highest BCUT2D eigenvalue weighted by Crippen LogP contribution is 2.24. The number of hydrogen-bond acceptors (Lipinski definition) is 4. The van der Waals surface area contributed by atoms with Gasteiger partial charge in [-0.2, -0.15) is 0 Å². The third kappa shape index (κ3) is 3.66. The maximum absolute atomic E-state index is 5.84. The third-order valence-corrected chi connectivity index (χ3v) is 3.29. The molecule has 1 heterocycles. The van der Waals surface area contributed by atoms with Crippen LogP contribution < -0.4 is 10.1 Å². The van der Waals surface area contributed by atoms with Gasteiger partial charge in [-0.15, -0.1) is 0 Å². The van der Waals surface area contributed by atoms with Gasteiger partial charge in [0.05, 0.1) is 6.61 Å². The van der Waals surface area contributed by atoms with E-state index in [0.717, 1.165) is 24.6 Å². The Kier molecular flexibility index (Phi) is 4.74. The molecule has 0 amide bonds. The van der Waals surface area contributed by atoms with E-state index in [1.165, 1.54) is 32.1 Å². The van der Waals surface area contributed by atoms with Gasteiger partial charge in [0.25, 0.3) is 0 Å². The van der Waals surface area contributed by atoms with Crippen LogP contribution in [0.2, 0.25) is 0 Å². The van der Waals surface area contributed by atoms with Crippen LogP contribution in [0, 0.1) is 5.92 Å². The van der Waals surface area contributed by atoms with Crippen molar-refractivity contribution in [2.75, 3.05) is 13.7 Å². The number of aromatic nitrogens is 2. The molecule has 0 aliphatic heterocycles. The number of nitrogens with zero attached hydrogens (tertiary/aromatic N) is 2. The molecule has 0 spiro atoms. The number of hydrogen-bond donors (Lipinski definition) is 1. The fourth-order valence-electron chi connectivity index (χ4n) is 2.34. The molecule has 94 valence electrons. The molecule has 0 radical (unpaired) electrons. The van der Waals surface area contributed by atoms with E-state index in [1.54, 1.807) is 6.33 Å². The second kappa shape index (κ2) is 6.55. The van der Waals surface area contributed by atoms with Crippen LogP contribution in [0.25, 0.3) is 0 Å². The van der Waals surface area contributed by atoms with Crippen LogP contribution in [-0.4, -0.2) is 23.6 Å². The first-order chi connectivity index (χ1) is 8.40. The lowest BCUT2D eigenvalue weighted by atomic mass is 9.90. The third-order valence-electron chi connectivity index (χ3n) is 3.29. The van der Waals surface area contributed by atoms with E-state index in [1.807, 2.05) is 13.2 Å². The maximum atomic E-state index is 5.84. The Morgan fingerprint density at radius 1 is 1.35 bits per heavy atom. The van der Waals surface area contributed by atoms with E-state index in [9.17, 15) is 0 Å². The van der Waals surface area contributed by atoms with Gasteiger partial charge < -0.3 is 10.1 Å². The van der Waals surface area contributed by atoms with Crippen molar-refractivity contribution in [3.63, 3.8) is 0 Å². The molecule has 0 unspecified atom stereocenters. The van der Waals surface area contributed by atoms with Gasteiger partial charge in [0.15, 0.2) is 0 Å². The zero-order chi connectivity index (χ0) is 11.9. The fraction of sp³-hybridized carbons (Fsp3) is 0.692. The number of rotatable bonds is 5. The van der Waals surface area contributed by atoms with Crippen LogP contribution in [0.1, 0.15) is 37.7 Å². The molecular weight excluding hydrogens is 214 g/mol. The highest BCUT2D eigenvalue weighted by atomic mass is 16.5. The van der Waals surface area contributed by atoms with Crippen LogP contribution in [0.5, 0.6) is 5.88 Å². The fourth-order valence-corrected chi connectivity index (χ4v) is 2.34. The van der Waals surface area contributed by atoms with Crippen molar-refractivity contribution in [2.45, 2.75) is 38.6 Å². The molecule has 1 aromatic rings. The molecule has 1 aliphatic carbocycles. The topological polar surface area (TPSA) is 47.0 Å². The molecule has 0 atom stereocenters. The van der Waals surface area contributed by atoms with Crippen molar-refractivity contribution >= 4 is 0 Å². The Labute approximate surface area is 103 Å². The summed E-state index contributed by atoms with van der Waals surface area (Å²) in [6, 6.07) is 0. The lowest BCUT2D eigenvalue weighted by Gasteiger charge is -2.21. The van der Waals surface area contributed by atoms with E-state index in [2.05, 4.69) is 15.3 Å². The molecule has 0 aromatic carbocycles. The zero-order valence-electron chi connectivity index (χ0n) is 10.5. The summed E-state index contributed by atoms with van der Waals surface area (Å²) in [5.41, 5.74) is 1.03. The average molecular weight is 235 g/mol. The second-order valence-electron chi connectivity index (χ2n) is 4.70. The first kappa shape index (κ1) is 12.3. The Morgan fingerprint density at radius 2 is 2.18 bits per heavy atom. The first-order valence-electron chi connectivity index (χ1n) is 6.46. The van der Waals surface area contributed by atoms with Gasteiger partial charge in [-0.25, -0.2) is 9.97 Å². The SMILES string of the molecule is CNCc1cncnc1OCC1CCCCC1. The molecular formula is C13H21N3O. The van der Waals surface area contributed by atoms with E-state index >= 15 is 0 Å². The highest BCUT2D eigenvalue weighted by molar-refractivity contribution is 5.21. The summed E-state index contributed by atoms with van der Waals surface area (Å²) in [7, 11) is 1.91. The Bertz CT molecular complexity index is 337. The Morgan fingerprint density at radius 3 is 2.94 bits per heavy atom. The summed E-state index contributed by atoms with van der Waals surface area (Å²) in [5.74, 6) is 1.45. The molecule has 0 saturated heterocycles. The second-order valence-corrected chi connectivity index (χ2v) is 4.70. The minimum Gasteiger partial charge on any atom is -0.477 e. The smallest absolute Gasteiger partial charge is 0.220 e. The van der Waals surface area contributed by atoms with Crippen molar-refractivity contribution < 1.29 is 4.74 Å². The molecule has 4 nitrogen and oxygen atoms in total. The van der Waals surface area contributed by atoms with Crippen LogP contribution in [-0.2, 0) is 6.54 Å². The summed E-state index contributed by atoms with van der Waals surface area (Å²) in [4.78, 5) is 8.24. The standard InChI is InChI=1S/C13H21N3O/c1-14-7-12-8-15-10-16-13(12)17-9-11-5-3-2-4-6-11/h8,10-11,14H,2-7,9H2,1H3. The van der Waals surface area contributed by atoms with Gasteiger partial charge in [-0.3, -0.25) is 0 Å². The zero-order valence-corrected chi connectivity index (χ0v) is 10.5. The summed E-state index contributed by atoms with van der Waals surface area (Å²) in [5, 5.41) is 3.10. The Balaban J connectivity index is 1.88. The van der Waals surface area contributed by atoms with Crippen LogP contribution >= 0.6 is 0 Å². The summed E-state index contributed by atoms with van der Waals surface area (Å²) < 4.78 is 5.84. The van der Waals surface area contributed by atoms with E-state index in [-0.39, 0.29) is 0 Å². The lowest BCUT2D eigenvalue weighted by Crippen LogP contribution is -2.17. The van der Waals surface area contributed by atoms with Gasteiger partial charge in [0.2, 0.25) is 5.88 Å².